The summed E-state index contributed by atoms with van der Waals surface area (Å²) in [5.74, 6) is -0.127. The molecule has 0 aliphatic rings. The van der Waals surface area contributed by atoms with Gasteiger partial charge in [0, 0.05) is 13.0 Å². The van der Waals surface area contributed by atoms with Crippen LogP contribution in [0.5, 0.6) is 0 Å². The highest BCUT2D eigenvalue weighted by Gasteiger charge is 2.03. The average molecular weight is 863 g/mol. The molecule has 0 aliphatic carbocycles. The lowest BCUT2D eigenvalue weighted by Gasteiger charge is -2.09. The fourth-order valence-corrected chi connectivity index (χ4v) is 6.66. The molecule has 0 amide bonds. The minimum atomic E-state index is -0.127. The molecule has 0 atom stereocenters. The molecule has 0 bridgehead atoms. The normalized spacial score (nSPS) is 11.6. The second kappa shape index (κ2) is 56.1. The molecular weight excluding hydrogens is 765 g/mol. The molecule has 11 heteroatoms. The summed E-state index contributed by atoms with van der Waals surface area (Å²) in [5, 5.41) is 0. The van der Waals surface area contributed by atoms with E-state index in [9.17, 15) is 4.79 Å². The van der Waals surface area contributed by atoms with Crippen molar-refractivity contribution in [1.29, 1.82) is 0 Å². The highest BCUT2D eigenvalue weighted by molar-refractivity contribution is 5.69. The fourth-order valence-electron chi connectivity index (χ4n) is 6.66. The Hall–Kier alpha value is -0.890. The van der Waals surface area contributed by atoms with Crippen molar-refractivity contribution in [1.82, 2.24) is 0 Å². The van der Waals surface area contributed by atoms with Crippen molar-refractivity contribution >= 4 is 5.97 Å². The van der Waals surface area contributed by atoms with Crippen molar-refractivity contribution in [3.8, 4) is 0 Å². The first-order chi connectivity index (χ1) is 29.8. The van der Waals surface area contributed by atoms with E-state index in [0.717, 1.165) is 25.9 Å². The van der Waals surface area contributed by atoms with Gasteiger partial charge in [0.25, 0.3) is 0 Å². The van der Waals surface area contributed by atoms with Crippen LogP contribution in [0.25, 0.3) is 0 Å². The van der Waals surface area contributed by atoms with Gasteiger partial charge in [0.05, 0.1) is 112 Å². The molecule has 0 unspecified atom stereocenters. The molecule has 0 aliphatic heterocycles. The third-order valence-electron chi connectivity index (χ3n) is 10.3. The molecule has 0 fully saturated rings. The van der Waals surface area contributed by atoms with Crippen LogP contribution in [-0.2, 0) is 52.2 Å². The van der Waals surface area contributed by atoms with Gasteiger partial charge in [0.2, 0.25) is 0 Å². The zero-order valence-electron chi connectivity index (χ0n) is 39.5. The molecule has 11 nitrogen and oxygen atoms in total. The number of hydrogen-bond acceptors (Lipinski definition) is 11. The van der Waals surface area contributed by atoms with Gasteiger partial charge in [-0.15, -0.1) is 0 Å². The zero-order chi connectivity index (χ0) is 43.2. The van der Waals surface area contributed by atoms with E-state index in [2.05, 4.69) is 13.8 Å². The number of carbonyl (C=O) groups is 1. The van der Waals surface area contributed by atoms with Crippen molar-refractivity contribution in [3.05, 3.63) is 0 Å². The average Bonchev–Trinajstić information content (AvgIpc) is 3.25. The van der Waals surface area contributed by atoms with Crippen LogP contribution in [-0.4, -0.2) is 132 Å². The van der Waals surface area contributed by atoms with Gasteiger partial charge in [-0.3, -0.25) is 4.79 Å². The summed E-state index contributed by atoms with van der Waals surface area (Å²) < 4.78 is 55.2. The first kappa shape index (κ1) is 59.1. The van der Waals surface area contributed by atoms with Gasteiger partial charge in [-0.05, 0) is 12.8 Å². The molecule has 0 aromatic carbocycles. The van der Waals surface area contributed by atoms with Gasteiger partial charge < -0.3 is 47.4 Å². The summed E-state index contributed by atoms with van der Waals surface area (Å²) in [6.07, 6.45) is 35.1. The van der Waals surface area contributed by atoms with E-state index in [1.54, 1.807) is 0 Å². The highest BCUT2D eigenvalue weighted by Crippen LogP contribution is 2.14. The molecule has 0 N–H and O–H groups in total. The van der Waals surface area contributed by atoms with Gasteiger partial charge in [0.1, 0.15) is 6.61 Å². The number of esters is 1. The predicted octanol–water partition coefficient (Wildman–Crippen LogP) is 11.3. The van der Waals surface area contributed by atoms with Crippen LogP contribution < -0.4 is 0 Å². The molecule has 0 spiro atoms. The topological polar surface area (TPSA) is 109 Å². The Morgan fingerprint density at radius 3 is 0.700 bits per heavy atom. The number of ether oxygens (including phenoxy) is 10. The lowest BCUT2D eigenvalue weighted by molar-refractivity contribution is -0.145. The smallest absolute Gasteiger partial charge is 0.305 e. The van der Waals surface area contributed by atoms with Crippen molar-refractivity contribution in [2.75, 3.05) is 126 Å². The maximum absolute atomic E-state index is 11.9. The molecule has 0 aromatic heterocycles. The Balaban J connectivity index is 3.11. The van der Waals surface area contributed by atoms with Gasteiger partial charge in [-0.1, -0.05) is 168 Å². The predicted molar refractivity (Wildman–Crippen MR) is 244 cm³/mol. The van der Waals surface area contributed by atoms with Gasteiger partial charge in [-0.2, -0.15) is 0 Å². The maximum atomic E-state index is 11.9. The number of carbonyl (C=O) groups excluding carboxylic acids is 1. The second-order valence-corrected chi connectivity index (χ2v) is 16.0. The van der Waals surface area contributed by atoms with E-state index in [1.165, 1.54) is 148 Å². The summed E-state index contributed by atoms with van der Waals surface area (Å²) in [6.45, 7) is 14.6. The molecule has 0 radical (unpaired) electrons. The largest absolute Gasteiger partial charge is 0.463 e. The fraction of sp³-hybridized carbons (Fsp3) is 0.980. The zero-order valence-corrected chi connectivity index (χ0v) is 39.5. The molecular formula is C49H98O11. The summed E-state index contributed by atoms with van der Waals surface area (Å²) >= 11 is 0. The maximum Gasteiger partial charge on any atom is 0.305 e. The van der Waals surface area contributed by atoms with Crippen LogP contribution in [0.2, 0.25) is 0 Å². The standard InChI is InChI=1S/C49H98O11/c1-3-5-7-9-11-13-15-17-19-21-23-25-27-29-49(50)60-48-47-59-46-45-58-44-43-57-42-41-56-40-39-55-38-37-54-36-35-53-34-33-52-32-31-51-30-28-26-24-22-20-18-16-14-12-10-8-6-4-2/h3-48H2,1-2H3. The SMILES string of the molecule is CCCCCCCCCCCCCCCOCCOCCOCCOCCOCCOCCOCCOCCOCCOC(=O)CCCCCCCCCCCCCCC. The Morgan fingerprint density at radius 1 is 0.233 bits per heavy atom. The third-order valence-corrected chi connectivity index (χ3v) is 10.3. The lowest BCUT2D eigenvalue weighted by atomic mass is 10.0. The van der Waals surface area contributed by atoms with Gasteiger partial charge in [0.15, 0.2) is 0 Å². The number of hydrogen-bond donors (Lipinski definition) is 0. The Labute approximate surface area is 370 Å². The first-order valence-corrected chi connectivity index (χ1v) is 25.2. The van der Waals surface area contributed by atoms with E-state index in [0.29, 0.717) is 125 Å². The Bertz CT molecular complexity index is 776. The van der Waals surface area contributed by atoms with Crippen molar-refractivity contribution in [3.63, 3.8) is 0 Å². The Morgan fingerprint density at radius 2 is 0.433 bits per heavy atom. The van der Waals surface area contributed by atoms with Gasteiger partial charge >= 0.3 is 5.97 Å². The highest BCUT2D eigenvalue weighted by atomic mass is 16.6. The minimum Gasteiger partial charge on any atom is -0.463 e. The summed E-state index contributed by atoms with van der Waals surface area (Å²) in [6, 6.07) is 0. The monoisotopic (exact) mass is 863 g/mol. The molecule has 0 aromatic rings. The van der Waals surface area contributed by atoms with E-state index < -0.39 is 0 Å². The minimum absolute atomic E-state index is 0.127. The molecule has 0 rings (SSSR count). The number of rotatable bonds is 55. The second-order valence-electron chi connectivity index (χ2n) is 16.0. The molecule has 0 heterocycles. The molecule has 360 valence electrons. The van der Waals surface area contributed by atoms with Crippen molar-refractivity contribution in [2.24, 2.45) is 0 Å². The lowest BCUT2D eigenvalue weighted by Crippen LogP contribution is -2.15. The van der Waals surface area contributed by atoms with E-state index in [-0.39, 0.29) is 5.97 Å². The van der Waals surface area contributed by atoms with E-state index in [4.69, 9.17) is 47.4 Å². The summed E-state index contributed by atoms with van der Waals surface area (Å²) in [5.41, 5.74) is 0. The third kappa shape index (κ3) is 55.1. The van der Waals surface area contributed by atoms with Crippen LogP contribution in [0.1, 0.15) is 187 Å². The molecule has 0 saturated carbocycles. The number of unbranched alkanes of at least 4 members (excludes halogenated alkanes) is 24. The van der Waals surface area contributed by atoms with Crippen molar-refractivity contribution in [2.45, 2.75) is 187 Å². The van der Waals surface area contributed by atoms with Crippen LogP contribution in [0.4, 0.5) is 0 Å². The van der Waals surface area contributed by atoms with Crippen LogP contribution >= 0.6 is 0 Å². The summed E-state index contributed by atoms with van der Waals surface area (Å²) in [4.78, 5) is 11.9. The van der Waals surface area contributed by atoms with Crippen LogP contribution in [0, 0.1) is 0 Å². The van der Waals surface area contributed by atoms with Gasteiger partial charge in [-0.25, -0.2) is 0 Å². The van der Waals surface area contributed by atoms with Crippen molar-refractivity contribution < 1.29 is 52.2 Å². The quantitative estimate of drug-likeness (QED) is 0.0431. The summed E-state index contributed by atoms with van der Waals surface area (Å²) in [7, 11) is 0. The van der Waals surface area contributed by atoms with Crippen LogP contribution in [0.15, 0.2) is 0 Å². The molecule has 60 heavy (non-hydrogen) atoms. The molecule has 0 saturated heterocycles. The van der Waals surface area contributed by atoms with Crippen LogP contribution in [0.3, 0.4) is 0 Å². The Kier molecular flexibility index (Phi) is 55.3. The first-order valence-electron chi connectivity index (χ1n) is 25.2. The van der Waals surface area contributed by atoms with E-state index >= 15 is 0 Å². The van der Waals surface area contributed by atoms with E-state index in [1.807, 2.05) is 0 Å².